The molecule has 0 saturated carbocycles. The number of carbonyl (C=O) groups is 1. The van der Waals surface area contributed by atoms with Crippen molar-refractivity contribution in [3.8, 4) is 11.1 Å². The number of ketones is 1. The minimum absolute atomic E-state index is 0.0924. The Morgan fingerprint density at radius 3 is 2.46 bits per heavy atom. The largest absolute Gasteiger partial charge is 0.381 e. The van der Waals surface area contributed by atoms with Gasteiger partial charge in [-0.25, -0.2) is 9.97 Å². The molecule has 0 unspecified atom stereocenters. The minimum Gasteiger partial charge on any atom is -0.381 e. The number of carbonyl (C=O) groups excluding carboxylic acids is 1. The predicted octanol–water partition coefficient (Wildman–Crippen LogP) is 2.95. The smallest absolute Gasteiger partial charge is 0.225 e. The van der Waals surface area contributed by atoms with Gasteiger partial charge in [0.05, 0.1) is 16.9 Å². The number of Topliss-reactive ketones (excluding diaryl/α,β-unsaturated/α-hetero) is 1. The molecule has 26 heavy (non-hydrogen) atoms. The lowest BCUT2D eigenvalue weighted by atomic mass is 9.97. The molecule has 3 heterocycles. The number of aromatic nitrogens is 2. The second-order valence-corrected chi connectivity index (χ2v) is 7.75. The lowest BCUT2D eigenvalue weighted by Gasteiger charge is -2.43. The fraction of sp³-hybridized carbons (Fsp3) is 0.450. The summed E-state index contributed by atoms with van der Waals surface area (Å²) in [4.78, 5) is 24.8. The molecule has 2 aliphatic heterocycles. The molecule has 136 valence electrons. The third kappa shape index (κ3) is 3.00. The molecular formula is C20H25N5O. The molecule has 1 aromatic heterocycles. The molecule has 0 amide bonds. The van der Waals surface area contributed by atoms with Crippen molar-refractivity contribution >= 4 is 23.1 Å². The first-order chi connectivity index (χ1) is 12.4. The summed E-state index contributed by atoms with van der Waals surface area (Å²) in [6, 6.07) is 6.44. The predicted molar refractivity (Wildman–Crippen MR) is 105 cm³/mol. The molecule has 6 nitrogen and oxygen atoms in total. The monoisotopic (exact) mass is 351 g/mol. The maximum Gasteiger partial charge on any atom is 0.225 e. The molecule has 0 spiro atoms. The van der Waals surface area contributed by atoms with E-state index in [0.717, 1.165) is 23.4 Å². The van der Waals surface area contributed by atoms with Crippen LogP contribution in [0.25, 0.3) is 11.1 Å². The van der Waals surface area contributed by atoms with E-state index in [1.165, 1.54) is 5.69 Å². The summed E-state index contributed by atoms with van der Waals surface area (Å²) in [7, 11) is 2.14. The molecule has 0 aliphatic carbocycles. The van der Waals surface area contributed by atoms with Gasteiger partial charge in [0.1, 0.15) is 5.78 Å². The number of rotatable bonds is 2. The average molecular weight is 351 g/mol. The summed E-state index contributed by atoms with van der Waals surface area (Å²) in [6.07, 6.45) is 4.92. The SMILES string of the molecule is CN1c2ccc(-c3cnc(N4CCC(=O)CC4)nc3)cc2NCC1(C)C. The zero-order valence-corrected chi connectivity index (χ0v) is 15.6. The Morgan fingerprint density at radius 2 is 1.77 bits per heavy atom. The fourth-order valence-electron chi connectivity index (χ4n) is 3.50. The van der Waals surface area contributed by atoms with Gasteiger partial charge in [-0.1, -0.05) is 6.07 Å². The van der Waals surface area contributed by atoms with E-state index in [4.69, 9.17) is 0 Å². The second kappa shape index (κ2) is 6.27. The van der Waals surface area contributed by atoms with Crippen LogP contribution in [-0.2, 0) is 4.79 Å². The van der Waals surface area contributed by atoms with Gasteiger partial charge in [0.2, 0.25) is 5.95 Å². The maximum atomic E-state index is 11.4. The van der Waals surface area contributed by atoms with Gasteiger partial charge in [-0.15, -0.1) is 0 Å². The first-order valence-corrected chi connectivity index (χ1v) is 9.15. The van der Waals surface area contributed by atoms with Crippen LogP contribution in [0, 0.1) is 0 Å². The van der Waals surface area contributed by atoms with Crippen LogP contribution >= 0.6 is 0 Å². The van der Waals surface area contributed by atoms with Crippen molar-refractivity contribution in [2.45, 2.75) is 32.2 Å². The molecule has 0 bridgehead atoms. The lowest BCUT2D eigenvalue weighted by molar-refractivity contribution is -0.119. The Kier molecular flexibility index (Phi) is 4.05. The normalized spacial score (nSPS) is 19.1. The van der Waals surface area contributed by atoms with Crippen molar-refractivity contribution in [2.75, 3.05) is 41.8 Å². The van der Waals surface area contributed by atoms with Crippen LogP contribution in [0.4, 0.5) is 17.3 Å². The molecule has 1 fully saturated rings. The Balaban J connectivity index is 1.56. The molecule has 6 heteroatoms. The number of anilines is 3. The molecule has 0 atom stereocenters. The summed E-state index contributed by atoms with van der Waals surface area (Å²) in [5, 5.41) is 3.54. The number of nitrogens with zero attached hydrogens (tertiary/aromatic N) is 4. The summed E-state index contributed by atoms with van der Waals surface area (Å²) in [6.45, 7) is 6.80. The van der Waals surface area contributed by atoms with E-state index in [2.05, 4.69) is 64.2 Å². The van der Waals surface area contributed by atoms with Crippen LogP contribution in [0.15, 0.2) is 30.6 Å². The van der Waals surface area contributed by atoms with E-state index in [9.17, 15) is 4.79 Å². The van der Waals surface area contributed by atoms with Gasteiger partial charge in [-0.05, 0) is 31.5 Å². The van der Waals surface area contributed by atoms with E-state index in [1.807, 2.05) is 12.4 Å². The van der Waals surface area contributed by atoms with Crippen molar-refractivity contribution in [3.63, 3.8) is 0 Å². The van der Waals surface area contributed by atoms with Gasteiger partial charge in [0, 0.05) is 57.5 Å². The standard InChI is InChI=1S/C20H25N5O/c1-20(2)13-23-17-10-14(4-5-18(17)24(20)3)15-11-21-19(22-12-15)25-8-6-16(26)7-9-25/h4-5,10-12,23H,6-9,13H2,1-3H3. The first-order valence-electron chi connectivity index (χ1n) is 9.15. The van der Waals surface area contributed by atoms with Crippen LogP contribution < -0.4 is 15.1 Å². The zero-order chi connectivity index (χ0) is 18.3. The molecular weight excluding hydrogens is 326 g/mol. The second-order valence-electron chi connectivity index (χ2n) is 7.75. The van der Waals surface area contributed by atoms with Gasteiger partial charge < -0.3 is 15.1 Å². The summed E-state index contributed by atoms with van der Waals surface area (Å²) in [5.74, 6) is 1.03. The molecule has 4 rings (SSSR count). The van der Waals surface area contributed by atoms with Gasteiger partial charge in [0.15, 0.2) is 0 Å². The number of likely N-dealkylation sites (N-methyl/N-ethyl adjacent to an activating group) is 1. The molecule has 1 N–H and O–H groups in total. The molecule has 1 saturated heterocycles. The van der Waals surface area contributed by atoms with E-state index < -0.39 is 0 Å². The van der Waals surface area contributed by atoms with E-state index in [-0.39, 0.29) is 5.54 Å². The highest BCUT2D eigenvalue weighted by Gasteiger charge is 2.29. The van der Waals surface area contributed by atoms with Crippen LogP contribution in [0.2, 0.25) is 0 Å². The third-order valence-electron chi connectivity index (χ3n) is 5.55. The highest BCUT2D eigenvalue weighted by molar-refractivity contribution is 5.81. The molecule has 1 aromatic carbocycles. The fourth-order valence-corrected chi connectivity index (χ4v) is 3.50. The van der Waals surface area contributed by atoms with E-state index >= 15 is 0 Å². The highest BCUT2D eigenvalue weighted by Crippen LogP contribution is 2.37. The number of fused-ring (bicyclic) bond motifs is 1. The first kappa shape index (κ1) is 16.8. The lowest BCUT2D eigenvalue weighted by Crippen LogP contribution is -2.49. The quantitative estimate of drug-likeness (QED) is 0.898. The van der Waals surface area contributed by atoms with Gasteiger partial charge in [-0.2, -0.15) is 0 Å². The number of hydrogen-bond donors (Lipinski definition) is 1. The van der Waals surface area contributed by atoms with E-state index in [1.54, 1.807) is 0 Å². The Morgan fingerprint density at radius 1 is 1.08 bits per heavy atom. The topological polar surface area (TPSA) is 61.4 Å². The van der Waals surface area contributed by atoms with Crippen molar-refractivity contribution in [1.82, 2.24) is 9.97 Å². The van der Waals surface area contributed by atoms with Crippen LogP contribution in [0.1, 0.15) is 26.7 Å². The Labute approximate surface area is 154 Å². The van der Waals surface area contributed by atoms with Gasteiger partial charge >= 0.3 is 0 Å². The molecule has 2 aromatic rings. The van der Waals surface area contributed by atoms with Crippen molar-refractivity contribution < 1.29 is 4.79 Å². The Bertz CT molecular complexity index is 821. The third-order valence-corrected chi connectivity index (χ3v) is 5.55. The van der Waals surface area contributed by atoms with Crippen molar-refractivity contribution in [1.29, 1.82) is 0 Å². The number of hydrogen-bond acceptors (Lipinski definition) is 6. The average Bonchev–Trinajstić information content (AvgIpc) is 2.66. The minimum atomic E-state index is 0.0924. The van der Waals surface area contributed by atoms with Crippen molar-refractivity contribution in [2.24, 2.45) is 0 Å². The summed E-state index contributed by atoms with van der Waals surface area (Å²) in [5.41, 5.74) is 4.54. The summed E-state index contributed by atoms with van der Waals surface area (Å²) >= 11 is 0. The van der Waals surface area contributed by atoms with Crippen LogP contribution in [0.3, 0.4) is 0 Å². The van der Waals surface area contributed by atoms with E-state index in [0.29, 0.717) is 37.7 Å². The van der Waals surface area contributed by atoms with Gasteiger partial charge in [-0.3, -0.25) is 4.79 Å². The van der Waals surface area contributed by atoms with Crippen molar-refractivity contribution in [3.05, 3.63) is 30.6 Å². The van der Waals surface area contributed by atoms with Crippen LogP contribution in [0.5, 0.6) is 0 Å². The molecule has 0 radical (unpaired) electrons. The molecule has 2 aliphatic rings. The van der Waals surface area contributed by atoms with Crippen LogP contribution in [-0.4, -0.2) is 48.0 Å². The summed E-state index contributed by atoms with van der Waals surface area (Å²) < 4.78 is 0. The highest BCUT2D eigenvalue weighted by atomic mass is 16.1. The maximum absolute atomic E-state index is 11.4. The number of nitrogens with one attached hydrogen (secondary N) is 1. The number of benzene rings is 1. The number of piperidine rings is 1. The van der Waals surface area contributed by atoms with Gasteiger partial charge in [0.25, 0.3) is 0 Å². The zero-order valence-electron chi connectivity index (χ0n) is 15.6. The Hall–Kier alpha value is -2.63.